The van der Waals surface area contributed by atoms with E-state index in [1.807, 2.05) is 0 Å². The van der Waals surface area contributed by atoms with E-state index in [1.165, 1.54) is 0 Å². The summed E-state index contributed by atoms with van der Waals surface area (Å²) < 4.78 is 21.7. The van der Waals surface area contributed by atoms with Crippen LogP contribution in [0.25, 0.3) is 0 Å². The van der Waals surface area contributed by atoms with Gasteiger partial charge in [-0.3, -0.25) is 9.63 Å². The summed E-state index contributed by atoms with van der Waals surface area (Å²) in [6, 6.07) is 0. The van der Waals surface area contributed by atoms with Crippen molar-refractivity contribution in [2.75, 3.05) is 65.9 Å². The van der Waals surface area contributed by atoms with Crippen LogP contribution in [0.5, 0.6) is 0 Å². The minimum absolute atomic E-state index is 0.141. The van der Waals surface area contributed by atoms with Crippen molar-refractivity contribution < 1.29 is 33.4 Å². The first-order chi connectivity index (χ1) is 16.2. The number of hydrogen-bond acceptors (Lipinski definition) is 8. The highest BCUT2D eigenvalue weighted by atomic mass is 16.6. The predicted molar refractivity (Wildman–Crippen MR) is 121 cm³/mol. The molecule has 0 aromatic carbocycles. The van der Waals surface area contributed by atoms with Gasteiger partial charge in [0.2, 0.25) is 5.91 Å². The Hall–Kier alpha value is -1.90. The highest BCUT2D eigenvalue weighted by Gasteiger charge is 2.49. The maximum Gasteiger partial charge on any atom is 0.407 e. The molecule has 0 aromatic heterocycles. The van der Waals surface area contributed by atoms with E-state index in [1.54, 1.807) is 0 Å². The highest BCUT2D eigenvalue weighted by Crippen LogP contribution is 2.52. The van der Waals surface area contributed by atoms with Gasteiger partial charge in [0.15, 0.2) is 0 Å². The van der Waals surface area contributed by atoms with Crippen molar-refractivity contribution in [3.8, 4) is 11.8 Å². The monoisotopic (exact) mass is 469 g/mol. The quantitative estimate of drug-likeness (QED) is 0.154. The molecule has 4 N–H and O–H groups in total. The third-order valence-corrected chi connectivity index (χ3v) is 5.73. The second-order valence-corrected chi connectivity index (χ2v) is 8.15. The van der Waals surface area contributed by atoms with Crippen LogP contribution in [0.1, 0.15) is 38.5 Å². The van der Waals surface area contributed by atoms with Crippen molar-refractivity contribution in [1.82, 2.24) is 10.6 Å². The molecule has 188 valence electrons. The van der Waals surface area contributed by atoms with Crippen LogP contribution in [0.2, 0.25) is 0 Å². The summed E-state index contributed by atoms with van der Waals surface area (Å²) in [6.45, 7) is 4.46. The van der Waals surface area contributed by atoms with E-state index in [-0.39, 0.29) is 18.6 Å². The van der Waals surface area contributed by atoms with Gasteiger partial charge < -0.3 is 29.6 Å². The number of nitrogens with one attached hydrogen (secondary N) is 2. The molecule has 0 aliphatic heterocycles. The van der Waals surface area contributed by atoms with Crippen molar-refractivity contribution in [3.05, 3.63) is 0 Å². The Kier molecular flexibility index (Phi) is 14.6. The third kappa shape index (κ3) is 12.8. The summed E-state index contributed by atoms with van der Waals surface area (Å²) in [4.78, 5) is 27.1. The Morgan fingerprint density at radius 3 is 1.94 bits per heavy atom. The Labute approximate surface area is 196 Å². The Morgan fingerprint density at radius 2 is 1.36 bits per heavy atom. The van der Waals surface area contributed by atoms with Crippen molar-refractivity contribution in [1.29, 1.82) is 0 Å². The van der Waals surface area contributed by atoms with Crippen LogP contribution in [0.15, 0.2) is 0 Å². The van der Waals surface area contributed by atoms with Gasteiger partial charge in [-0.2, -0.15) is 0 Å². The lowest BCUT2D eigenvalue weighted by Crippen LogP contribution is -2.30. The van der Waals surface area contributed by atoms with Gasteiger partial charge >= 0.3 is 6.09 Å². The normalized spacial score (nSPS) is 21.1. The molecule has 10 nitrogen and oxygen atoms in total. The van der Waals surface area contributed by atoms with Gasteiger partial charge in [0.1, 0.15) is 6.61 Å². The molecule has 2 aliphatic rings. The van der Waals surface area contributed by atoms with Crippen molar-refractivity contribution in [2.24, 2.45) is 23.7 Å². The number of fused-ring (bicyclic) bond motifs is 1. The first-order valence-electron chi connectivity index (χ1n) is 11.9. The molecule has 10 heteroatoms. The summed E-state index contributed by atoms with van der Waals surface area (Å²) in [5.74, 6) is 12.8. The topological polar surface area (TPSA) is 130 Å². The smallest absolute Gasteiger partial charge is 0.407 e. The fraction of sp³-hybridized carbons (Fsp3) is 0.826. The molecular formula is C23H39N3O7. The zero-order valence-electron chi connectivity index (χ0n) is 19.5. The predicted octanol–water partition coefficient (Wildman–Crippen LogP) is 0.989. The summed E-state index contributed by atoms with van der Waals surface area (Å²) in [6.07, 6.45) is 5.29. The number of carbonyl (C=O) groups excluding carboxylic acids is 2. The van der Waals surface area contributed by atoms with E-state index in [2.05, 4.69) is 27.3 Å². The molecule has 0 heterocycles. The van der Waals surface area contributed by atoms with Crippen molar-refractivity contribution >= 4 is 12.0 Å². The highest BCUT2D eigenvalue weighted by molar-refractivity contribution is 5.77. The molecular weight excluding hydrogens is 430 g/mol. The van der Waals surface area contributed by atoms with Crippen LogP contribution in [-0.2, 0) is 28.6 Å². The van der Waals surface area contributed by atoms with Crippen LogP contribution >= 0.6 is 0 Å². The van der Waals surface area contributed by atoms with Gasteiger partial charge in [-0.15, -0.1) is 11.8 Å². The molecule has 2 atom stereocenters. The fourth-order valence-electron chi connectivity index (χ4n) is 3.94. The molecule has 2 aliphatic carbocycles. The molecule has 2 rings (SSSR count). The average Bonchev–Trinajstić information content (AvgIpc) is 3.44. The number of hydrogen-bond donors (Lipinski definition) is 3. The minimum atomic E-state index is -0.346. The second-order valence-electron chi connectivity index (χ2n) is 8.15. The molecule has 2 unspecified atom stereocenters. The molecule has 33 heavy (non-hydrogen) atoms. The number of rotatable bonds is 18. The van der Waals surface area contributed by atoms with Crippen LogP contribution in [0, 0.1) is 29.6 Å². The number of nitrogens with two attached hydrogens (primary N) is 1. The molecule has 0 spiro atoms. The van der Waals surface area contributed by atoms with Crippen LogP contribution in [-0.4, -0.2) is 77.9 Å². The number of amides is 2. The lowest BCUT2D eigenvalue weighted by Gasteiger charge is -2.08. The Bertz CT molecular complexity index is 605. The third-order valence-electron chi connectivity index (χ3n) is 5.73. The molecule has 0 aromatic rings. The van der Waals surface area contributed by atoms with Crippen LogP contribution in [0.4, 0.5) is 4.79 Å². The van der Waals surface area contributed by atoms with Gasteiger partial charge in [-0.05, 0) is 43.4 Å². The van der Waals surface area contributed by atoms with E-state index < -0.39 is 0 Å². The lowest BCUT2D eigenvalue weighted by molar-refractivity contribution is -0.125. The SMILES string of the molecule is NOCC(=O)NCCCOCCOCCOCCCNC(=O)OCC1C2CCC#CCCC21. The standard InChI is InChI=1S/C23H39N3O7/c24-33-18-22(27)25-9-5-11-29-13-15-31-16-14-30-12-6-10-26-23(28)32-17-21-19-7-3-1-2-4-8-20(19)21/h19-21H,3-18,24H2,(H,25,27)(H,26,28). The van der Waals surface area contributed by atoms with E-state index in [4.69, 9.17) is 24.8 Å². The van der Waals surface area contributed by atoms with Crippen LogP contribution in [0.3, 0.4) is 0 Å². The van der Waals surface area contributed by atoms with Crippen molar-refractivity contribution in [3.63, 3.8) is 0 Å². The average molecular weight is 470 g/mol. The van der Waals surface area contributed by atoms with Gasteiger partial charge in [-0.1, -0.05) is 0 Å². The van der Waals surface area contributed by atoms with Gasteiger partial charge in [-0.25, -0.2) is 10.7 Å². The zero-order valence-corrected chi connectivity index (χ0v) is 19.5. The van der Waals surface area contributed by atoms with Crippen LogP contribution < -0.4 is 16.5 Å². The number of alkyl carbamates (subject to hydrolysis) is 1. The Morgan fingerprint density at radius 1 is 0.818 bits per heavy atom. The first-order valence-corrected chi connectivity index (χ1v) is 11.9. The molecule has 1 saturated carbocycles. The minimum Gasteiger partial charge on any atom is -0.449 e. The lowest BCUT2D eigenvalue weighted by atomic mass is 10.1. The fourth-order valence-corrected chi connectivity index (χ4v) is 3.94. The first kappa shape index (κ1) is 27.3. The Balaban J connectivity index is 1.27. The van der Waals surface area contributed by atoms with E-state index in [9.17, 15) is 9.59 Å². The molecule has 0 radical (unpaired) electrons. The van der Waals surface area contributed by atoms with Gasteiger partial charge in [0.05, 0.1) is 33.0 Å². The molecule has 1 fully saturated rings. The molecule has 2 amide bonds. The largest absolute Gasteiger partial charge is 0.449 e. The van der Waals surface area contributed by atoms with Crippen molar-refractivity contribution in [2.45, 2.75) is 38.5 Å². The second kappa shape index (κ2) is 17.6. The van der Waals surface area contributed by atoms with E-state index in [0.29, 0.717) is 83.5 Å². The zero-order chi connectivity index (χ0) is 23.6. The molecule has 0 bridgehead atoms. The summed E-state index contributed by atoms with van der Waals surface area (Å²) >= 11 is 0. The van der Waals surface area contributed by atoms with E-state index in [0.717, 1.165) is 32.1 Å². The van der Waals surface area contributed by atoms with Gasteiger partial charge in [0.25, 0.3) is 0 Å². The number of carbonyl (C=O) groups is 2. The summed E-state index contributed by atoms with van der Waals surface area (Å²) in [5.41, 5.74) is 0. The maximum absolute atomic E-state index is 11.8. The van der Waals surface area contributed by atoms with Gasteiger partial charge in [0, 0.05) is 39.1 Å². The summed E-state index contributed by atoms with van der Waals surface area (Å²) in [5, 5.41) is 5.43. The summed E-state index contributed by atoms with van der Waals surface area (Å²) in [7, 11) is 0. The molecule has 0 saturated heterocycles. The maximum atomic E-state index is 11.8. The van der Waals surface area contributed by atoms with E-state index >= 15 is 0 Å². The number of ether oxygens (including phenoxy) is 4.